The average molecular weight is 624 g/mol. The Morgan fingerprint density at radius 1 is 1.21 bits per heavy atom. The fourth-order valence-electron chi connectivity index (χ4n) is 6.15. The number of alkyl halides is 3. The molecule has 1 aromatic carbocycles. The first-order valence-electron chi connectivity index (χ1n) is 13.9. The second-order valence-electron chi connectivity index (χ2n) is 10.9. The SMILES string of the molecule is CCc1cc(N2C[C@H]3C[C@@H]2CN3CCO)ccc1Nc1ncc(C(F)(F)F)c(-c2cc3c(s2)[C@@H](C)OCCS3(=O)=O)n1. The molecule has 2 aromatic heterocycles. The van der Waals surface area contributed by atoms with Crippen molar-refractivity contribution in [1.82, 2.24) is 14.9 Å². The number of aromatic nitrogens is 2. The van der Waals surface area contributed by atoms with E-state index < -0.39 is 27.7 Å². The molecule has 6 rings (SSSR count). The number of ether oxygens (including phenoxy) is 1. The Morgan fingerprint density at radius 2 is 2.02 bits per heavy atom. The number of aliphatic hydroxyl groups is 1. The number of thiophene rings is 1. The number of nitrogens with zero attached hydrogens (tertiary/aromatic N) is 4. The molecule has 3 aromatic rings. The van der Waals surface area contributed by atoms with Crippen molar-refractivity contribution in [3.8, 4) is 10.6 Å². The Bertz CT molecular complexity index is 1600. The van der Waals surface area contributed by atoms with Crippen molar-refractivity contribution >= 4 is 38.5 Å². The summed E-state index contributed by atoms with van der Waals surface area (Å²) in [7, 11) is -3.71. The first-order chi connectivity index (χ1) is 20.0. The summed E-state index contributed by atoms with van der Waals surface area (Å²) in [6, 6.07) is 8.05. The largest absolute Gasteiger partial charge is 0.420 e. The van der Waals surface area contributed by atoms with E-state index in [1.165, 1.54) is 6.07 Å². The van der Waals surface area contributed by atoms with E-state index in [-0.39, 0.29) is 40.4 Å². The molecule has 0 aliphatic carbocycles. The molecule has 42 heavy (non-hydrogen) atoms. The van der Waals surface area contributed by atoms with E-state index in [0.29, 0.717) is 35.6 Å². The number of β-amino-alcohol motifs (C(OH)–C–C–N with tert-alkyl or cyclic N) is 1. The Hall–Kier alpha value is -2.78. The number of rotatable bonds is 7. The molecule has 0 saturated carbocycles. The van der Waals surface area contributed by atoms with Gasteiger partial charge in [0.15, 0.2) is 9.84 Å². The maximum atomic E-state index is 14.1. The quantitative estimate of drug-likeness (QED) is 0.389. The van der Waals surface area contributed by atoms with Gasteiger partial charge in [-0.15, -0.1) is 11.3 Å². The Balaban J connectivity index is 1.31. The minimum atomic E-state index is -4.74. The number of fused-ring (bicyclic) bond motifs is 3. The van der Waals surface area contributed by atoms with Gasteiger partial charge in [0.25, 0.3) is 0 Å². The molecule has 3 atom stereocenters. The highest BCUT2D eigenvalue weighted by Crippen LogP contribution is 2.44. The lowest BCUT2D eigenvalue weighted by atomic mass is 10.1. The summed E-state index contributed by atoms with van der Waals surface area (Å²) in [5, 5.41) is 12.4. The molecule has 2 saturated heterocycles. The smallest absolute Gasteiger partial charge is 0.395 e. The van der Waals surface area contributed by atoms with Crippen LogP contribution in [0.25, 0.3) is 10.6 Å². The third-order valence-electron chi connectivity index (χ3n) is 8.27. The van der Waals surface area contributed by atoms with Crippen LogP contribution in [0.1, 0.15) is 42.4 Å². The van der Waals surface area contributed by atoms with Crippen molar-refractivity contribution in [2.24, 2.45) is 0 Å². The third-order valence-corrected chi connectivity index (χ3v) is 11.4. The summed E-state index contributed by atoms with van der Waals surface area (Å²) in [5.41, 5.74) is 1.31. The van der Waals surface area contributed by atoms with Crippen LogP contribution in [0.2, 0.25) is 0 Å². The van der Waals surface area contributed by atoms with Crippen LogP contribution in [-0.4, -0.2) is 79.1 Å². The Morgan fingerprint density at radius 3 is 2.71 bits per heavy atom. The van der Waals surface area contributed by atoms with Crippen molar-refractivity contribution in [3.05, 3.63) is 46.5 Å². The monoisotopic (exact) mass is 623 g/mol. The van der Waals surface area contributed by atoms with Gasteiger partial charge in [0, 0.05) is 49.3 Å². The summed E-state index contributed by atoms with van der Waals surface area (Å²) in [6.45, 7) is 6.35. The van der Waals surface area contributed by atoms with E-state index in [1.807, 2.05) is 19.1 Å². The van der Waals surface area contributed by atoms with Gasteiger partial charge in [-0.3, -0.25) is 4.90 Å². The standard InChI is InChI=1S/C28H32F3N5O4S2/c1-3-17-10-18(36-15-19-11-20(36)14-35(19)6-7-37)4-5-22(17)33-27-32-13-21(28(29,30)31)25(34-27)23-12-24-26(41-23)16(2)40-8-9-42(24,38)39/h4-5,10,12-13,16,19-20,37H,3,6-9,11,14-15H2,1-2H3,(H,32,33,34)/t16-,19-,20-/m1/s1. The van der Waals surface area contributed by atoms with Gasteiger partial charge in [0.1, 0.15) is 5.56 Å². The van der Waals surface area contributed by atoms with Crippen LogP contribution >= 0.6 is 11.3 Å². The van der Waals surface area contributed by atoms with Crippen LogP contribution in [0.3, 0.4) is 0 Å². The zero-order valence-electron chi connectivity index (χ0n) is 23.2. The van der Waals surface area contributed by atoms with Gasteiger partial charge >= 0.3 is 6.18 Å². The van der Waals surface area contributed by atoms with Crippen LogP contribution in [0.5, 0.6) is 0 Å². The van der Waals surface area contributed by atoms with E-state index in [4.69, 9.17) is 4.74 Å². The molecule has 226 valence electrons. The van der Waals surface area contributed by atoms with Crippen LogP contribution in [-0.2, 0) is 27.2 Å². The number of aryl methyl sites for hydroxylation is 1. The molecular weight excluding hydrogens is 591 g/mol. The fourth-order valence-corrected chi connectivity index (χ4v) is 9.10. The number of benzene rings is 1. The minimum Gasteiger partial charge on any atom is -0.395 e. The highest BCUT2D eigenvalue weighted by molar-refractivity contribution is 7.91. The van der Waals surface area contributed by atoms with Gasteiger partial charge in [-0.2, -0.15) is 13.2 Å². The summed E-state index contributed by atoms with van der Waals surface area (Å²) >= 11 is 0.945. The number of aliphatic hydroxyl groups excluding tert-OH is 1. The van der Waals surface area contributed by atoms with Crippen molar-refractivity contribution in [2.45, 2.75) is 55.9 Å². The number of likely N-dealkylation sites (tertiary alicyclic amines) is 1. The lowest BCUT2D eigenvalue weighted by Gasteiger charge is -2.35. The van der Waals surface area contributed by atoms with E-state index in [9.17, 15) is 26.7 Å². The number of halogens is 3. The Kier molecular flexibility index (Phi) is 7.71. The van der Waals surface area contributed by atoms with Crippen LogP contribution in [0.4, 0.5) is 30.5 Å². The van der Waals surface area contributed by atoms with Crippen LogP contribution in [0, 0.1) is 0 Å². The first kappa shape index (κ1) is 29.3. The predicted octanol–water partition coefficient (Wildman–Crippen LogP) is 4.65. The molecule has 3 aliphatic heterocycles. The molecule has 2 N–H and O–H groups in total. The summed E-state index contributed by atoms with van der Waals surface area (Å²) in [5.74, 6) is -0.255. The van der Waals surface area contributed by atoms with Crippen LogP contribution in [0.15, 0.2) is 35.4 Å². The predicted molar refractivity (Wildman–Crippen MR) is 154 cm³/mol. The van der Waals surface area contributed by atoms with Gasteiger partial charge in [-0.1, -0.05) is 6.92 Å². The highest BCUT2D eigenvalue weighted by Gasteiger charge is 2.43. The molecule has 14 heteroatoms. The molecular formula is C28H32F3N5O4S2. The maximum Gasteiger partial charge on any atom is 0.420 e. The minimum absolute atomic E-state index is 0.00676. The number of anilines is 3. The molecule has 0 spiro atoms. The second-order valence-corrected chi connectivity index (χ2v) is 14.0. The lowest BCUT2D eigenvalue weighted by Crippen LogP contribution is -2.47. The van der Waals surface area contributed by atoms with Gasteiger partial charge in [0.05, 0.1) is 45.4 Å². The van der Waals surface area contributed by atoms with E-state index >= 15 is 0 Å². The maximum absolute atomic E-state index is 14.1. The normalized spacial score (nSPS) is 23.7. The topological polar surface area (TPSA) is 108 Å². The van der Waals surface area contributed by atoms with Gasteiger partial charge < -0.3 is 20.1 Å². The van der Waals surface area contributed by atoms with Crippen molar-refractivity contribution < 1.29 is 31.4 Å². The zero-order chi connectivity index (χ0) is 29.8. The fraction of sp³-hybridized carbons (Fsp3) is 0.500. The molecule has 5 heterocycles. The molecule has 0 amide bonds. The molecule has 2 fully saturated rings. The number of nitrogens with one attached hydrogen (secondary N) is 1. The Labute approximate surface area is 246 Å². The summed E-state index contributed by atoms with van der Waals surface area (Å²) in [4.78, 5) is 13.4. The molecule has 0 radical (unpaired) electrons. The highest BCUT2D eigenvalue weighted by atomic mass is 32.2. The average Bonchev–Trinajstić information content (AvgIpc) is 3.66. The summed E-state index contributed by atoms with van der Waals surface area (Å²) in [6.07, 6.45) is -2.84. The number of piperazine rings is 1. The first-order valence-corrected chi connectivity index (χ1v) is 16.4. The van der Waals surface area contributed by atoms with Crippen molar-refractivity contribution in [1.29, 1.82) is 0 Å². The van der Waals surface area contributed by atoms with Crippen molar-refractivity contribution in [2.75, 3.05) is 48.8 Å². The number of sulfone groups is 1. The third kappa shape index (κ3) is 5.39. The van der Waals surface area contributed by atoms with Gasteiger partial charge in [0.2, 0.25) is 5.95 Å². The zero-order valence-corrected chi connectivity index (χ0v) is 24.8. The van der Waals surface area contributed by atoms with E-state index in [2.05, 4.69) is 31.2 Å². The van der Waals surface area contributed by atoms with Gasteiger partial charge in [-0.05, 0) is 49.6 Å². The lowest BCUT2D eigenvalue weighted by molar-refractivity contribution is -0.137. The van der Waals surface area contributed by atoms with E-state index in [1.54, 1.807) is 6.92 Å². The summed E-state index contributed by atoms with van der Waals surface area (Å²) < 4.78 is 73.3. The van der Waals surface area contributed by atoms with Gasteiger partial charge in [-0.25, -0.2) is 18.4 Å². The number of hydrogen-bond donors (Lipinski definition) is 2. The molecule has 9 nitrogen and oxygen atoms in total. The molecule has 2 bridgehead atoms. The molecule has 3 aliphatic rings. The van der Waals surface area contributed by atoms with E-state index in [0.717, 1.165) is 48.3 Å². The second kappa shape index (κ2) is 11.1. The van der Waals surface area contributed by atoms with Crippen LogP contribution < -0.4 is 10.2 Å². The van der Waals surface area contributed by atoms with Crippen molar-refractivity contribution in [3.63, 3.8) is 0 Å². The molecule has 0 unspecified atom stereocenters. The number of hydrogen-bond acceptors (Lipinski definition) is 10.